The van der Waals surface area contributed by atoms with Gasteiger partial charge < -0.3 is 15.5 Å². The van der Waals surface area contributed by atoms with E-state index < -0.39 is 5.76 Å². The first-order valence-corrected chi connectivity index (χ1v) is 8.70. The molecule has 0 saturated heterocycles. The highest BCUT2D eigenvalue weighted by atomic mass is 79.9. The van der Waals surface area contributed by atoms with Crippen LogP contribution < -0.4 is 16.8 Å². The van der Waals surface area contributed by atoms with Crippen molar-refractivity contribution < 1.29 is 4.42 Å². The van der Waals surface area contributed by atoms with Crippen LogP contribution in [0, 0.1) is 5.92 Å². The molecule has 0 spiro atoms. The zero-order valence-electron chi connectivity index (χ0n) is 13.8. The number of anilines is 1. The van der Waals surface area contributed by atoms with Gasteiger partial charge in [-0.15, -0.1) is 29.9 Å². The number of nitrogens with two attached hydrogens (primary N) is 1. The molecule has 4 N–H and O–H groups in total. The zero-order chi connectivity index (χ0) is 16.4. The van der Waals surface area contributed by atoms with Crippen molar-refractivity contribution in [2.24, 2.45) is 11.7 Å². The minimum Gasteiger partial charge on any atom is -0.388 e. The fourth-order valence-corrected chi connectivity index (χ4v) is 3.49. The zero-order valence-corrected chi connectivity index (χ0v) is 17.0. The number of halogens is 3. The molecule has 9 heteroatoms. The summed E-state index contributed by atoms with van der Waals surface area (Å²) in [6.07, 6.45) is 4.49. The lowest BCUT2D eigenvalue weighted by Gasteiger charge is -2.32. The van der Waals surface area contributed by atoms with Gasteiger partial charge in [-0.05, 0) is 72.7 Å². The van der Waals surface area contributed by atoms with Crippen molar-refractivity contribution in [2.45, 2.75) is 44.7 Å². The Kier molecular flexibility index (Phi) is 8.47. The molecule has 1 heterocycles. The van der Waals surface area contributed by atoms with Crippen LogP contribution in [-0.4, -0.2) is 22.3 Å². The van der Waals surface area contributed by atoms with Crippen LogP contribution in [0.25, 0.3) is 11.5 Å². The van der Waals surface area contributed by atoms with Crippen molar-refractivity contribution >= 4 is 46.4 Å². The van der Waals surface area contributed by atoms with Gasteiger partial charge in [0.05, 0.1) is 0 Å². The Labute approximate surface area is 167 Å². The first-order valence-electron chi connectivity index (χ1n) is 7.90. The molecule has 0 amide bonds. The molecule has 0 bridgehead atoms. The summed E-state index contributed by atoms with van der Waals surface area (Å²) in [5, 5.41) is 9.72. The summed E-state index contributed by atoms with van der Waals surface area (Å²) in [5.74, 6) is 0.361. The van der Waals surface area contributed by atoms with E-state index in [9.17, 15) is 4.79 Å². The molecule has 2 aromatic rings. The van der Waals surface area contributed by atoms with Crippen LogP contribution in [0.4, 0.5) is 5.69 Å². The lowest BCUT2D eigenvalue weighted by atomic mass is 9.82. The van der Waals surface area contributed by atoms with E-state index in [0.717, 1.165) is 41.4 Å². The third-order valence-corrected chi connectivity index (χ3v) is 5.25. The van der Waals surface area contributed by atoms with Crippen LogP contribution in [-0.2, 0) is 0 Å². The third-order valence-electron chi connectivity index (χ3n) is 4.56. The lowest BCUT2D eigenvalue weighted by molar-refractivity contribution is 0.302. The first kappa shape index (κ1) is 22.0. The summed E-state index contributed by atoms with van der Waals surface area (Å²) in [4.78, 5) is 11.1. The molecule has 1 aliphatic carbocycles. The maximum atomic E-state index is 11.1. The van der Waals surface area contributed by atoms with Crippen LogP contribution in [0.1, 0.15) is 32.6 Å². The second kappa shape index (κ2) is 9.62. The second-order valence-electron chi connectivity index (χ2n) is 6.22. The van der Waals surface area contributed by atoms with Gasteiger partial charge in [-0.3, -0.25) is 0 Å². The molecule has 0 aliphatic heterocycles. The number of aromatic nitrogens is 2. The summed E-state index contributed by atoms with van der Waals surface area (Å²) in [5.41, 5.74) is 7.71. The molecule has 140 valence electrons. The number of hydrogen-bond acceptors (Lipinski definition) is 5. The Morgan fingerprint density at radius 1 is 1.32 bits per heavy atom. The molecular formula is C16H23BrCl2N4O2. The quantitative estimate of drug-likeness (QED) is 0.650. The summed E-state index contributed by atoms with van der Waals surface area (Å²) >= 11 is 3.57. The van der Waals surface area contributed by atoms with E-state index in [-0.39, 0.29) is 24.8 Å². The van der Waals surface area contributed by atoms with Gasteiger partial charge in [0.25, 0.3) is 0 Å². The van der Waals surface area contributed by atoms with Crippen LogP contribution >= 0.6 is 40.7 Å². The van der Waals surface area contributed by atoms with E-state index in [4.69, 9.17) is 10.2 Å². The predicted octanol–water partition coefficient (Wildman–Crippen LogP) is 3.95. The van der Waals surface area contributed by atoms with Gasteiger partial charge in [0.15, 0.2) is 0 Å². The number of rotatable bonds is 4. The number of aromatic amines is 1. The SMILES string of the molecule is C[C@H](Nc1cc(-c2n[nH]c(=O)o2)ccc1Br)C1CCC(N)CC1.Cl.Cl. The van der Waals surface area contributed by atoms with Crippen LogP contribution in [0.2, 0.25) is 0 Å². The molecule has 1 aliphatic rings. The number of benzene rings is 1. The van der Waals surface area contributed by atoms with Gasteiger partial charge in [-0.25, -0.2) is 9.89 Å². The first-order chi connectivity index (χ1) is 11.0. The van der Waals surface area contributed by atoms with Crippen LogP contribution in [0.3, 0.4) is 0 Å². The van der Waals surface area contributed by atoms with E-state index in [1.807, 2.05) is 18.2 Å². The maximum Gasteiger partial charge on any atom is 0.434 e. The molecule has 1 aromatic carbocycles. The summed E-state index contributed by atoms with van der Waals surface area (Å²) in [7, 11) is 0. The van der Waals surface area contributed by atoms with Gasteiger partial charge in [0, 0.05) is 27.8 Å². The fraction of sp³-hybridized carbons (Fsp3) is 0.500. The molecule has 6 nitrogen and oxygen atoms in total. The monoisotopic (exact) mass is 452 g/mol. The topological polar surface area (TPSA) is 96.9 Å². The predicted molar refractivity (Wildman–Crippen MR) is 108 cm³/mol. The number of H-pyrrole nitrogens is 1. The van der Waals surface area contributed by atoms with Crippen molar-refractivity contribution in [3.8, 4) is 11.5 Å². The molecule has 0 unspecified atom stereocenters. The molecule has 25 heavy (non-hydrogen) atoms. The smallest absolute Gasteiger partial charge is 0.388 e. The summed E-state index contributed by atoms with van der Waals surface area (Å²) in [6.45, 7) is 2.20. The fourth-order valence-electron chi connectivity index (χ4n) is 3.13. The highest BCUT2D eigenvalue weighted by Gasteiger charge is 2.24. The standard InChI is InChI=1S/C16H21BrN4O2.2ClH/c1-9(10-2-5-12(18)6-3-10)19-14-8-11(4-7-13(14)17)15-20-21-16(22)23-15;;/h4,7-10,12,19H,2-3,5-6,18H2,1H3,(H,21,22);2*1H/t9-,10?,12?;;/m0../s1. The number of nitrogens with one attached hydrogen (secondary N) is 2. The lowest BCUT2D eigenvalue weighted by Crippen LogP contribution is -2.34. The van der Waals surface area contributed by atoms with Crippen molar-refractivity contribution in [1.82, 2.24) is 10.2 Å². The molecule has 0 radical (unpaired) electrons. The van der Waals surface area contributed by atoms with Crippen molar-refractivity contribution in [1.29, 1.82) is 0 Å². The highest BCUT2D eigenvalue weighted by molar-refractivity contribution is 9.10. The van der Waals surface area contributed by atoms with E-state index in [1.165, 1.54) is 0 Å². The molecule has 1 aromatic heterocycles. The maximum absolute atomic E-state index is 11.1. The summed E-state index contributed by atoms with van der Waals surface area (Å²) < 4.78 is 5.99. The van der Waals surface area contributed by atoms with E-state index >= 15 is 0 Å². The summed E-state index contributed by atoms with van der Waals surface area (Å²) in [6, 6.07) is 6.43. The van der Waals surface area contributed by atoms with Crippen molar-refractivity contribution in [3.63, 3.8) is 0 Å². The minimum atomic E-state index is -0.552. The molecule has 1 fully saturated rings. The minimum absolute atomic E-state index is 0. The number of hydrogen-bond donors (Lipinski definition) is 3. The number of nitrogens with zero attached hydrogens (tertiary/aromatic N) is 1. The van der Waals surface area contributed by atoms with Gasteiger partial charge in [0.2, 0.25) is 5.89 Å². The third kappa shape index (κ3) is 5.48. The van der Waals surface area contributed by atoms with Crippen molar-refractivity contribution in [2.75, 3.05) is 5.32 Å². The molecular weight excluding hydrogens is 431 g/mol. The van der Waals surface area contributed by atoms with Gasteiger partial charge in [-0.2, -0.15) is 0 Å². The van der Waals surface area contributed by atoms with Gasteiger partial charge in [-0.1, -0.05) is 0 Å². The Balaban J connectivity index is 0.00000156. The molecule has 1 atom stereocenters. The van der Waals surface area contributed by atoms with Crippen molar-refractivity contribution in [3.05, 3.63) is 33.2 Å². The van der Waals surface area contributed by atoms with Gasteiger partial charge >= 0.3 is 5.76 Å². The molecule has 1 saturated carbocycles. The van der Waals surface area contributed by atoms with E-state index in [1.54, 1.807) is 0 Å². The Bertz CT molecular complexity index is 729. The van der Waals surface area contributed by atoms with Crippen LogP contribution in [0.15, 0.2) is 31.9 Å². The average Bonchev–Trinajstić information content (AvgIpc) is 2.96. The normalized spacial score (nSPS) is 20.9. The average molecular weight is 454 g/mol. The highest BCUT2D eigenvalue weighted by Crippen LogP contribution is 2.32. The Morgan fingerprint density at radius 2 is 2.00 bits per heavy atom. The second-order valence-corrected chi connectivity index (χ2v) is 7.08. The Morgan fingerprint density at radius 3 is 2.60 bits per heavy atom. The van der Waals surface area contributed by atoms with E-state index in [0.29, 0.717) is 23.9 Å². The van der Waals surface area contributed by atoms with Gasteiger partial charge in [0.1, 0.15) is 0 Å². The molecule has 3 rings (SSSR count). The Hall–Kier alpha value is -1.02. The largest absolute Gasteiger partial charge is 0.434 e. The van der Waals surface area contributed by atoms with E-state index in [2.05, 4.69) is 38.4 Å². The van der Waals surface area contributed by atoms with Crippen LogP contribution in [0.5, 0.6) is 0 Å².